The van der Waals surface area contributed by atoms with Gasteiger partial charge in [-0.05, 0) is 73.7 Å². The van der Waals surface area contributed by atoms with Gasteiger partial charge in [-0.25, -0.2) is 0 Å². The molecule has 3 N–H and O–H groups in total. The Hall–Kier alpha value is -2.82. The van der Waals surface area contributed by atoms with E-state index in [0.29, 0.717) is 11.3 Å². The number of nitrogens with one attached hydrogen (secondary N) is 1. The summed E-state index contributed by atoms with van der Waals surface area (Å²) in [5, 5.41) is 2.88. The van der Waals surface area contributed by atoms with Crippen LogP contribution in [0.25, 0.3) is 0 Å². The van der Waals surface area contributed by atoms with Crippen LogP contribution in [-0.4, -0.2) is 17.9 Å². The number of aryl methyl sites for hydroxylation is 2. The smallest absolute Gasteiger partial charge is 0.265 e. The van der Waals surface area contributed by atoms with E-state index in [1.54, 1.807) is 31.2 Å². The van der Waals surface area contributed by atoms with Gasteiger partial charge in [0.1, 0.15) is 5.75 Å². The molecule has 0 aromatic heterocycles. The normalized spacial score (nSPS) is 13.9. The molecule has 24 heavy (non-hydrogen) atoms. The van der Waals surface area contributed by atoms with Gasteiger partial charge in [-0.2, -0.15) is 0 Å². The zero-order valence-electron chi connectivity index (χ0n) is 13.5. The van der Waals surface area contributed by atoms with Gasteiger partial charge in [-0.3, -0.25) is 9.59 Å². The first-order chi connectivity index (χ1) is 11.5. The van der Waals surface area contributed by atoms with Crippen LogP contribution in [0.5, 0.6) is 5.75 Å². The minimum atomic E-state index is -0.655. The third-order valence-electron chi connectivity index (χ3n) is 4.19. The standard InChI is InChI=1S/C19H20N2O3/c1-12(24-17-9-6-14(7-10-17)18(20)22)19(23)21-16-8-5-13-3-2-4-15(13)11-16/h5-12H,2-4H2,1H3,(H2,20,22)(H,21,23)/t12-/m1/s1. The van der Waals surface area contributed by atoms with Gasteiger partial charge in [0.15, 0.2) is 6.10 Å². The lowest BCUT2D eigenvalue weighted by Gasteiger charge is -2.15. The number of hydrogen-bond donors (Lipinski definition) is 2. The van der Waals surface area contributed by atoms with Crippen LogP contribution in [0.4, 0.5) is 5.69 Å². The molecule has 2 aromatic rings. The third kappa shape index (κ3) is 3.56. The fourth-order valence-electron chi connectivity index (χ4n) is 2.85. The number of rotatable bonds is 5. The third-order valence-corrected chi connectivity index (χ3v) is 4.19. The van der Waals surface area contributed by atoms with Crippen molar-refractivity contribution in [3.63, 3.8) is 0 Å². The largest absolute Gasteiger partial charge is 0.481 e. The average Bonchev–Trinajstić information content (AvgIpc) is 3.03. The van der Waals surface area contributed by atoms with Gasteiger partial charge in [0.25, 0.3) is 5.91 Å². The minimum Gasteiger partial charge on any atom is -0.481 e. The van der Waals surface area contributed by atoms with Gasteiger partial charge in [-0.1, -0.05) is 6.07 Å². The highest BCUT2D eigenvalue weighted by molar-refractivity contribution is 5.94. The van der Waals surface area contributed by atoms with Gasteiger partial charge in [-0.15, -0.1) is 0 Å². The summed E-state index contributed by atoms with van der Waals surface area (Å²) in [6.07, 6.45) is 2.70. The van der Waals surface area contributed by atoms with Gasteiger partial charge in [0.05, 0.1) is 0 Å². The molecule has 0 spiro atoms. The molecule has 0 saturated carbocycles. The van der Waals surface area contributed by atoms with Crippen LogP contribution in [0.2, 0.25) is 0 Å². The fraction of sp³-hybridized carbons (Fsp3) is 0.263. The molecule has 1 atom stereocenters. The highest BCUT2D eigenvalue weighted by Crippen LogP contribution is 2.25. The number of fused-ring (bicyclic) bond motifs is 1. The summed E-state index contributed by atoms with van der Waals surface area (Å²) in [7, 11) is 0. The average molecular weight is 324 g/mol. The molecule has 0 heterocycles. The fourth-order valence-corrected chi connectivity index (χ4v) is 2.85. The molecule has 1 aliphatic carbocycles. The first kappa shape index (κ1) is 16.1. The summed E-state index contributed by atoms with van der Waals surface area (Å²) in [6, 6.07) is 12.4. The van der Waals surface area contributed by atoms with Crippen LogP contribution in [0.15, 0.2) is 42.5 Å². The monoisotopic (exact) mass is 324 g/mol. The molecule has 0 unspecified atom stereocenters. The summed E-state index contributed by atoms with van der Waals surface area (Å²) in [5.74, 6) is -0.201. The number of carbonyl (C=O) groups excluding carboxylic acids is 2. The quantitative estimate of drug-likeness (QED) is 0.887. The van der Waals surface area contributed by atoms with Crippen molar-refractivity contribution in [2.24, 2.45) is 5.73 Å². The Morgan fingerprint density at radius 2 is 1.79 bits per heavy atom. The molecule has 1 aliphatic rings. The van der Waals surface area contributed by atoms with E-state index in [9.17, 15) is 9.59 Å². The lowest BCUT2D eigenvalue weighted by atomic mass is 10.1. The Balaban J connectivity index is 1.61. The molecular formula is C19H20N2O3. The number of primary amides is 1. The van der Waals surface area contributed by atoms with E-state index in [0.717, 1.165) is 18.5 Å². The first-order valence-electron chi connectivity index (χ1n) is 8.02. The zero-order chi connectivity index (χ0) is 17.1. The molecule has 124 valence electrons. The van der Waals surface area contributed by atoms with Crippen LogP contribution >= 0.6 is 0 Å². The highest BCUT2D eigenvalue weighted by atomic mass is 16.5. The predicted octanol–water partition coefficient (Wildman–Crippen LogP) is 2.68. The van der Waals surface area contributed by atoms with E-state index in [1.807, 2.05) is 12.1 Å². The number of carbonyl (C=O) groups is 2. The van der Waals surface area contributed by atoms with Crippen LogP contribution in [-0.2, 0) is 17.6 Å². The van der Waals surface area contributed by atoms with E-state index in [4.69, 9.17) is 10.5 Å². The molecule has 3 rings (SSSR count). The predicted molar refractivity (Wildman–Crippen MR) is 92.1 cm³/mol. The van der Waals surface area contributed by atoms with Crippen molar-refractivity contribution >= 4 is 17.5 Å². The maximum atomic E-state index is 12.3. The summed E-state index contributed by atoms with van der Waals surface area (Å²) in [5.41, 5.74) is 9.06. The van der Waals surface area contributed by atoms with E-state index >= 15 is 0 Å². The van der Waals surface area contributed by atoms with Gasteiger partial charge in [0, 0.05) is 11.3 Å². The molecule has 5 heteroatoms. The van der Waals surface area contributed by atoms with Crippen LogP contribution in [0, 0.1) is 0 Å². The first-order valence-corrected chi connectivity index (χ1v) is 8.02. The number of hydrogen-bond acceptors (Lipinski definition) is 3. The lowest BCUT2D eigenvalue weighted by molar-refractivity contribution is -0.122. The number of ether oxygens (including phenoxy) is 1. The van der Waals surface area contributed by atoms with Gasteiger partial charge in [0.2, 0.25) is 5.91 Å². The van der Waals surface area contributed by atoms with Crippen molar-refractivity contribution in [2.75, 3.05) is 5.32 Å². The Morgan fingerprint density at radius 3 is 2.50 bits per heavy atom. The lowest BCUT2D eigenvalue weighted by Crippen LogP contribution is -2.30. The highest BCUT2D eigenvalue weighted by Gasteiger charge is 2.17. The summed E-state index contributed by atoms with van der Waals surface area (Å²) < 4.78 is 5.61. The van der Waals surface area contributed by atoms with E-state index in [-0.39, 0.29) is 5.91 Å². The molecule has 5 nitrogen and oxygen atoms in total. The van der Waals surface area contributed by atoms with Crippen LogP contribution in [0.3, 0.4) is 0 Å². The zero-order valence-corrected chi connectivity index (χ0v) is 13.5. The van der Waals surface area contributed by atoms with Crippen molar-refractivity contribution in [3.05, 3.63) is 59.2 Å². The molecule has 0 bridgehead atoms. The molecule has 2 amide bonds. The SMILES string of the molecule is C[C@@H](Oc1ccc(C(N)=O)cc1)C(=O)Nc1ccc2c(c1)CCC2. The Labute approximate surface area is 140 Å². The number of anilines is 1. The second-order valence-corrected chi connectivity index (χ2v) is 5.98. The molecule has 0 fully saturated rings. The summed E-state index contributed by atoms with van der Waals surface area (Å²) >= 11 is 0. The maximum absolute atomic E-state index is 12.3. The van der Waals surface area contributed by atoms with Crippen molar-refractivity contribution in [1.82, 2.24) is 0 Å². The minimum absolute atomic E-state index is 0.216. The maximum Gasteiger partial charge on any atom is 0.265 e. The second-order valence-electron chi connectivity index (χ2n) is 5.98. The molecule has 0 radical (unpaired) electrons. The number of benzene rings is 2. The van der Waals surface area contributed by atoms with Crippen molar-refractivity contribution in [2.45, 2.75) is 32.3 Å². The van der Waals surface area contributed by atoms with Crippen molar-refractivity contribution in [1.29, 1.82) is 0 Å². The van der Waals surface area contributed by atoms with Gasteiger partial charge >= 0.3 is 0 Å². The molecule has 0 saturated heterocycles. The van der Waals surface area contributed by atoms with E-state index in [1.165, 1.54) is 17.5 Å². The summed E-state index contributed by atoms with van der Waals surface area (Å²) in [4.78, 5) is 23.3. The Morgan fingerprint density at radius 1 is 1.08 bits per heavy atom. The van der Waals surface area contributed by atoms with E-state index in [2.05, 4.69) is 11.4 Å². The Bertz CT molecular complexity index is 769. The topological polar surface area (TPSA) is 81.4 Å². The second kappa shape index (κ2) is 6.74. The van der Waals surface area contributed by atoms with Crippen molar-refractivity contribution < 1.29 is 14.3 Å². The molecule has 2 aromatic carbocycles. The Kier molecular flexibility index (Phi) is 4.51. The van der Waals surface area contributed by atoms with Gasteiger partial charge < -0.3 is 15.8 Å². The van der Waals surface area contributed by atoms with E-state index < -0.39 is 12.0 Å². The molecule has 0 aliphatic heterocycles. The number of nitrogens with two attached hydrogens (primary N) is 1. The van der Waals surface area contributed by atoms with Crippen LogP contribution < -0.4 is 15.8 Å². The van der Waals surface area contributed by atoms with Crippen molar-refractivity contribution in [3.8, 4) is 5.75 Å². The van der Waals surface area contributed by atoms with Crippen LogP contribution in [0.1, 0.15) is 34.8 Å². The number of amides is 2. The summed E-state index contributed by atoms with van der Waals surface area (Å²) in [6.45, 7) is 1.69. The molecular weight excluding hydrogens is 304 g/mol.